The molecular formula is C19H26IN3O2S. The first-order valence-electron chi connectivity index (χ1n) is 8.15. The van der Waals surface area contributed by atoms with Crippen LogP contribution in [0.4, 0.5) is 0 Å². The van der Waals surface area contributed by atoms with E-state index in [4.69, 9.17) is 0 Å². The van der Waals surface area contributed by atoms with Crippen LogP contribution < -0.4 is 10.6 Å². The normalized spacial score (nSPS) is 12.8. The van der Waals surface area contributed by atoms with Crippen LogP contribution in [0.3, 0.4) is 0 Å². The molecule has 2 aromatic carbocycles. The largest absolute Gasteiger partial charge is 0.352 e. The first-order valence-corrected chi connectivity index (χ1v) is 10.2. The fraction of sp³-hybridized carbons (Fsp3) is 0.316. The van der Waals surface area contributed by atoms with E-state index in [1.807, 2.05) is 42.5 Å². The fourth-order valence-electron chi connectivity index (χ4n) is 2.47. The summed E-state index contributed by atoms with van der Waals surface area (Å²) in [6.45, 7) is 2.70. The number of benzene rings is 2. The molecule has 0 saturated heterocycles. The van der Waals surface area contributed by atoms with Crippen molar-refractivity contribution in [2.24, 2.45) is 4.99 Å². The Morgan fingerprint density at radius 1 is 1.04 bits per heavy atom. The van der Waals surface area contributed by atoms with Crippen molar-refractivity contribution in [1.29, 1.82) is 0 Å². The number of rotatable bonds is 6. The van der Waals surface area contributed by atoms with Gasteiger partial charge in [-0.05, 0) is 23.6 Å². The zero-order chi connectivity index (χ0) is 18.3. The molecule has 26 heavy (non-hydrogen) atoms. The summed E-state index contributed by atoms with van der Waals surface area (Å²) >= 11 is 0. The Morgan fingerprint density at radius 3 is 2.15 bits per heavy atom. The molecular weight excluding hydrogens is 461 g/mol. The van der Waals surface area contributed by atoms with Crippen LogP contribution >= 0.6 is 24.0 Å². The number of nitrogens with zero attached hydrogens (tertiary/aromatic N) is 1. The standard InChI is InChI=1S/C19H25N3O2S.HI/c1-15(18-7-5-4-6-8-18)22-19(20-2)21-13-16-9-11-17(12-10-16)14-25(3,23)24;/h4-12,15H,13-14H2,1-3H3,(H2,20,21,22);1H. The average Bonchev–Trinajstić information content (AvgIpc) is 2.59. The van der Waals surface area contributed by atoms with Gasteiger partial charge in [-0.2, -0.15) is 0 Å². The zero-order valence-electron chi connectivity index (χ0n) is 15.3. The van der Waals surface area contributed by atoms with Crippen LogP contribution in [0.2, 0.25) is 0 Å². The Morgan fingerprint density at radius 2 is 1.62 bits per heavy atom. The van der Waals surface area contributed by atoms with Gasteiger partial charge in [-0.25, -0.2) is 8.42 Å². The maximum Gasteiger partial charge on any atom is 0.191 e. The van der Waals surface area contributed by atoms with Gasteiger partial charge < -0.3 is 10.6 Å². The summed E-state index contributed by atoms with van der Waals surface area (Å²) in [5.41, 5.74) is 3.05. The van der Waals surface area contributed by atoms with E-state index in [-0.39, 0.29) is 35.8 Å². The lowest BCUT2D eigenvalue weighted by Crippen LogP contribution is -2.38. The van der Waals surface area contributed by atoms with Crippen LogP contribution in [-0.4, -0.2) is 27.7 Å². The van der Waals surface area contributed by atoms with Crippen LogP contribution in [-0.2, 0) is 22.1 Å². The van der Waals surface area contributed by atoms with E-state index in [9.17, 15) is 8.42 Å². The van der Waals surface area contributed by atoms with Crippen molar-refractivity contribution < 1.29 is 8.42 Å². The van der Waals surface area contributed by atoms with Gasteiger partial charge in [0.2, 0.25) is 0 Å². The average molecular weight is 487 g/mol. The molecule has 1 unspecified atom stereocenters. The van der Waals surface area contributed by atoms with Crippen molar-refractivity contribution in [2.45, 2.75) is 25.3 Å². The number of nitrogens with one attached hydrogen (secondary N) is 2. The topological polar surface area (TPSA) is 70.6 Å². The van der Waals surface area contributed by atoms with E-state index >= 15 is 0 Å². The lowest BCUT2D eigenvalue weighted by molar-refractivity contribution is 0.601. The van der Waals surface area contributed by atoms with Crippen LogP contribution in [0, 0.1) is 0 Å². The summed E-state index contributed by atoms with van der Waals surface area (Å²) < 4.78 is 22.6. The molecule has 0 aliphatic heterocycles. The number of hydrogen-bond donors (Lipinski definition) is 2. The van der Waals surface area contributed by atoms with E-state index in [0.717, 1.165) is 17.1 Å². The molecule has 0 bridgehead atoms. The number of hydrogen-bond acceptors (Lipinski definition) is 3. The predicted octanol–water partition coefficient (Wildman–Crippen LogP) is 3.28. The van der Waals surface area contributed by atoms with Gasteiger partial charge in [0.1, 0.15) is 0 Å². The Balaban J connectivity index is 0.00000338. The van der Waals surface area contributed by atoms with E-state index in [1.54, 1.807) is 7.05 Å². The Labute approximate surface area is 173 Å². The third kappa shape index (κ3) is 7.74. The van der Waals surface area contributed by atoms with Gasteiger partial charge in [-0.15, -0.1) is 24.0 Å². The van der Waals surface area contributed by atoms with Crippen molar-refractivity contribution in [3.8, 4) is 0 Å². The minimum absolute atomic E-state index is 0. The van der Waals surface area contributed by atoms with Gasteiger partial charge in [0.05, 0.1) is 11.8 Å². The minimum atomic E-state index is -3.00. The van der Waals surface area contributed by atoms with Crippen LogP contribution in [0.5, 0.6) is 0 Å². The molecule has 2 aromatic rings. The molecule has 0 radical (unpaired) electrons. The molecule has 0 aromatic heterocycles. The molecule has 2 rings (SSSR count). The van der Waals surface area contributed by atoms with Gasteiger partial charge in [0.25, 0.3) is 0 Å². The van der Waals surface area contributed by atoms with E-state index in [2.05, 4.69) is 34.7 Å². The van der Waals surface area contributed by atoms with Crippen LogP contribution in [0.15, 0.2) is 59.6 Å². The number of halogens is 1. The highest BCUT2D eigenvalue weighted by Gasteiger charge is 2.08. The Hall–Kier alpha value is -1.61. The van der Waals surface area contributed by atoms with E-state index < -0.39 is 9.84 Å². The monoisotopic (exact) mass is 487 g/mol. The number of guanidine groups is 1. The summed E-state index contributed by atoms with van der Waals surface area (Å²) in [4.78, 5) is 4.25. The highest BCUT2D eigenvalue weighted by molar-refractivity contribution is 14.0. The summed E-state index contributed by atoms with van der Waals surface area (Å²) in [5, 5.41) is 6.63. The van der Waals surface area contributed by atoms with E-state index in [1.165, 1.54) is 11.8 Å². The van der Waals surface area contributed by atoms with Crippen molar-refractivity contribution in [1.82, 2.24) is 10.6 Å². The minimum Gasteiger partial charge on any atom is -0.352 e. The molecule has 0 heterocycles. The second-order valence-electron chi connectivity index (χ2n) is 6.09. The summed E-state index contributed by atoms with van der Waals surface area (Å²) in [5.74, 6) is 0.787. The Bertz CT molecular complexity index is 806. The summed E-state index contributed by atoms with van der Waals surface area (Å²) in [6, 6.07) is 17.9. The van der Waals surface area contributed by atoms with Crippen LogP contribution in [0.25, 0.3) is 0 Å². The highest BCUT2D eigenvalue weighted by Crippen LogP contribution is 2.11. The molecule has 0 spiro atoms. The summed E-state index contributed by atoms with van der Waals surface area (Å²) in [6.07, 6.45) is 1.24. The lowest BCUT2D eigenvalue weighted by atomic mass is 10.1. The van der Waals surface area contributed by atoms with Gasteiger partial charge in [0.15, 0.2) is 15.8 Å². The van der Waals surface area contributed by atoms with Gasteiger partial charge in [0, 0.05) is 19.8 Å². The smallest absolute Gasteiger partial charge is 0.191 e. The zero-order valence-corrected chi connectivity index (χ0v) is 18.4. The molecule has 0 amide bonds. The first-order chi connectivity index (χ1) is 11.9. The molecule has 2 N–H and O–H groups in total. The molecule has 7 heteroatoms. The van der Waals surface area contributed by atoms with Crippen molar-refractivity contribution >= 4 is 39.8 Å². The Kier molecular flexibility index (Phi) is 9.07. The molecule has 0 aliphatic rings. The fourth-order valence-corrected chi connectivity index (χ4v) is 3.26. The van der Waals surface area contributed by atoms with Crippen molar-refractivity contribution in [2.75, 3.05) is 13.3 Å². The SMILES string of the molecule is CN=C(NCc1ccc(CS(C)(=O)=O)cc1)NC(C)c1ccccc1.I. The van der Waals surface area contributed by atoms with Crippen molar-refractivity contribution in [3.05, 3.63) is 71.3 Å². The molecule has 5 nitrogen and oxygen atoms in total. The van der Waals surface area contributed by atoms with Crippen LogP contribution in [0.1, 0.15) is 29.7 Å². The second kappa shape index (κ2) is 10.5. The lowest BCUT2D eigenvalue weighted by Gasteiger charge is -2.18. The highest BCUT2D eigenvalue weighted by atomic mass is 127. The van der Waals surface area contributed by atoms with Gasteiger partial charge in [-0.3, -0.25) is 4.99 Å². The quantitative estimate of drug-likeness (QED) is 0.373. The molecule has 1 atom stereocenters. The molecule has 0 aliphatic carbocycles. The van der Waals surface area contributed by atoms with Crippen molar-refractivity contribution in [3.63, 3.8) is 0 Å². The van der Waals surface area contributed by atoms with Gasteiger partial charge >= 0.3 is 0 Å². The maximum atomic E-state index is 11.3. The number of sulfone groups is 1. The summed E-state index contributed by atoms with van der Waals surface area (Å²) in [7, 11) is -1.27. The van der Waals surface area contributed by atoms with Gasteiger partial charge in [-0.1, -0.05) is 54.6 Å². The number of aliphatic imine (C=N–C) groups is 1. The molecule has 0 fully saturated rings. The third-order valence-corrected chi connectivity index (χ3v) is 4.65. The third-order valence-electron chi connectivity index (χ3n) is 3.79. The molecule has 0 saturated carbocycles. The van der Waals surface area contributed by atoms with E-state index in [0.29, 0.717) is 6.54 Å². The molecule has 142 valence electrons. The maximum absolute atomic E-state index is 11.3. The second-order valence-corrected chi connectivity index (χ2v) is 8.23. The predicted molar refractivity (Wildman–Crippen MR) is 119 cm³/mol. The first kappa shape index (κ1) is 22.4.